The van der Waals surface area contributed by atoms with Gasteiger partial charge in [-0.05, 0) is 37.5 Å². The fourth-order valence-corrected chi connectivity index (χ4v) is 2.84. The van der Waals surface area contributed by atoms with Gasteiger partial charge in [-0.25, -0.2) is 0 Å². The van der Waals surface area contributed by atoms with E-state index in [9.17, 15) is 4.79 Å². The second-order valence-corrected chi connectivity index (χ2v) is 6.87. The molecular formula is C20H26ClN2O+. The highest BCUT2D eigenvalue weighted by molar-refractivity contribution is 6.30. The molecule has 0 spiro atoms. The molecule has 4 heteroatoms. The lowest BCUT2D eigenvalue weighted by Crippen LogP contribution is -3.09. The molecule has 0 aliphatic rings. The summed E-state index contributed by atoms with van der Waals surface area (Å²) in [5.41, 5.74) is 2.49. The van der Waals surface area contributed by atoms with Crippen molar-refractivity contribution in [3.63, 3.8) is 0 Å². The molecule has 0 saturated carbocycles. The van der Waals surface area contributed by atoms with Gasteiger partial charge in [0.2, 0.25) is 0 Å². The highest BCUT2D eigenvalue weighted by Gasteiger charge is 2.13. The number of amides is 1. The molecule has 2 rings (SSSR count). The van der Waals surface area contributed by atoms with E-state index >= 15 is 0 Å². The van der Waals surface area contributed by atoms with Crippen molar-refractivity contribution in [2.75, 3.05) is 13.6 Å². The van der Waals surface area contributed by atoms with Crippen LogP contribution in [0.3, 0.4) is 0 Å². The first-order valence-electron chi connectivity index (χ1n) is 8.42. The fraction of sp³-hybridized carbons (Fsp3) is 0.350. The Morgan fingerprint density at radius 1 is 1.08 bits per heavy atom. The van der Waals surface area contributed by atoms with Crippen molar-refractivity contribution >= 4 is 17.5 Å². The minimum atomic E-state index is 0.0991. The molecule has 24 heavy (non-hydrogen) atoms. The molecule has 0 saturated heterocycles. The number of rotatable bonds is 8. The van der Waals surface area contributed by atoms with Crippen LogP contribution in [-0.4, -0.2) is 25.5 Å². The summed E-state index contributed by atoms with van der Waals surface area (Å²) in [7, 11) is 2.03. The maximum absolute atomic E-state index is 12.2. The molecule has 0 fully saturated rings. The summed E-state index contributed by atoms with van der Waals surface area (Å²) in [4.78, 5) is 13.3. The van der Waals surface area contributed by atoms with E-state index in [4.69, 9.17) is 11.6 Å². The second kappa shape index (κ2) is 9.45. The molecule has 0 bridgehead atoms. The van der Waals surface area contributed by atoms with E-state index in [2.05, 4.69) is 24.4 Å². The number of benzene rings is 2. The second-order valence-electron chi connectivity index (χ2n) is 6.43. The molecule has 0 aromatic heterocycles. The standard InChI is InChI=1S/C20H25ClN2O/c1-16(8-9-17-6-4-3-5-7-17)22-20(24)15-23(2)14-18-10-12-19(21)13-11-18/h3-7,10-13,16H,8-9,14-15H2,1-2H3,(H,22,24)/p+1/t16-/m0/s1. The van der Waals surface area contributed by atoms with Gasteiger partial charge < -0.3 is 10.2 Å². The summed E-state index contributed by atoms with van der Waals surface area (Å²) in [6.07, 6.45) is 1.93. The summed E-state index contributed by atoms with van der Waals surface area (Å²) in [5.74, 6) is 0.0991. The number of hydrogen-bond donors (Lipinski definition) is 2. The van der Waals surface area contributed by atoms with E-state index in [0.29, 0.717) is 6.54 Å². The SMILES string of the molecule is C[C@@H](CCc1ccccc1)NC(=O)C[NH+](C)Cc1ccc(Cl)cc1. The number of likely N-dealkylation sites (N-methyl/N-ethyl adjacent to an activating group) is 1. The van der Waals surface area contributed by atoms with Gasteiger partial charge in [-0.15, -0.1) is 0 Å². The van der Waals surface area contributed by atoms with Crippen molar-refractivity contribution < 1.29 is 9.69 Å². The van der Waals surface area contributed by atoms with Gasteiger partial charge in [0.25, 0.3) is 5.91 Å². The van der Waals surface area contributed by atoms with Crippen molar-refractivity contribution in [2.24, 2.45) is 0 Å². The Balaban J connectivity index is 1.70. The topological polar surface area (TPSA) is 33.5 Å². The highest BCUT2D eigenvalue weighted by Crippen LogP contribution is 2.08. The van der Waals surface area contributed by atoms with Crippen LogP contribution in [0.1, 0.15) is 24.5 Å². The summed E-state index contributed by atoms with van der Waals surface area (Å²) in [6.45, 7) is 3.34. The van der Waals surface area contributed by atoms with Crippen molar-refractivity contribution in [2.45, 2.75) is 32.4 Å². The monoisotopic (exact) mass is 345 g/mol. The Hall–Kier alpha value is -1.84. The smallest absolute Gasteiger partial charge is 0.275 e. The van der Waals surface area contributed by atoms with E-state index in [0.717, 1.165) is 29.3 Å². The average Bonchev–Trinajstić information content (AvgIpc) is 2.56. The van der Waals surface area contributed by atoms with Crippen LogP contribution >= 0.6 is 11.6 Å². The summed E-state index contributed by atoms with van der Waals surface area (Å²) < 4.78 is 0. The highest BCUT2D eigenvalue weighted by atomic mass is 35.5. The van der Waals surface area contributed by atoms with E-state index < -0.39 is 0 Å². The lowest BCUT2D eigenvalue weighted by atomic mass is 10.1. The predicted octanol–water partition coefficient (Wildman–Crippen LogP) is 2.49. The van der Waals surface area contributed by atoms with Gasteiger partial charge in [-0.1, -0.05) is 54.1 Å². The molecule has 3 nitrogen and oxygen atoms in total. The van der Waals surface area contributed by atoms with Gasteiger partial charge in [0.05, 0.1) is 7.05 Å². The normalized spacial score (nSPS) is 13.3. The number of hydrogen-bond acceptors (Lipinski definition) is 1. The molecule has 1 amide bonds. The molecule has 0 radical (unpaired) electrons. The number of quaternary nitrogens is 1. The Labute approximate surface area is 149 Å². The van der Waals surface area contributed by atoms with E-state index in [-0.39, 0.29) is 11.9 Å². The number of carbonyl (C=O) groups excluding carboxylic acids is 1. The Morgan fingerprint density at radius 2 is 1.75 bits per heavy atom. The zero-order chi connectivity index (χ0) is 17.4. The molecule has 1 unspecified atom stereocenters. The fourth-order valence-electron chi connectivity index (χ4n) is 2.71. The summed E-state index contributed by atoms with van der Waals surface area (Å²) >= 11 is 5.89. The molecular weight excluding hydrogens is 320 g/mol. The van der Waals surface area contributed by atoms with Gasteiger partial charge in [-0.3, -0.25) is 4.79 Å². The van der Waals surface area contributed by atoms with Crippen LogP contribution in [0.25, 0.3) is 0 Å². The van der Waals surface area contributed by atoms with Crippen molar-refractivity contribution in [3.05, 3.63) is 70.7 Å². The first-order valence-corrected chi connectivity index (χ1v) is 8.80. The third-order valence-electron chi connectivity index (χ3n) is 4.00. The minimum Gasteiger partial charge on any atom is -0.349 e. The van der Waals surface area contributed by atoms with Gasteiger partial charge in [0.15, 0.2) is 6.54 Å². The van der Waals surface area contributed by atoms with Crippen molar-refractivity contribution in [1.29, 1.82) is 0 Å². The number of aryl methyl sites for hydroxylation is 1. The molecule has 2 atom stereocenters. The van der Waals surface area contributed by atoms with Crippen LogP contribution in [0.4, 0.5) is 0 Å². The maximum atomic E-state index is 12.2. The van der Waals surface area contributed by atoms with Crippen molar-refractivity contribution in [3.8, 4) is 0 Å². The number of halogens is 1. The maximum Gasteiger partial charge on any atom is 0.275 e. The molecule has 2 aromatic carbocycles. The molecule has 0 aliphatic heterocycles. The Morgan fingerprint density at radius 3 is 2.42 bits per heavy atom. The summed E-state index contributed by atoms with van der Waals surface area (Å²) in [6, 6.07) is 18.3. The third kappa shape index (κ3) is 6.73. The van der Waals surface area contributed by atoms with Gasteiger partial charge in [0.1, 0.15) is 6.54 Å². The molecule has 0 heterocycles. The molecule has 2 N–H and O–H groups in total. The average molecular weight is 346 g/mol. The molecule has 2 aromatic rings. The van der Waals surface area contributed by atoms with Crippen LogP contribution in [0, 0.1) is 0 Å². The quantitative estimate of drug-likeness (QED) is 0.757. The molecule has 128 valence electrons. The van der Waals surface area contributed by atoms with E-state index in [1.165, 1.54) is 11.1 Å². The van der Waals surface area contributed by atoms with E-state index in [1.54, 1.807) is 0 Å². The minimum absolute atomic E-state index is 0.0991. The van der Waals surface area contributed by atoms with Crippen LogP contribution in [0.5, 0.6) is 0 Å². The zero-order valence-electron chi connectivity index (χ0n) is 14.4. The van der Waals surface area contributed by atoms with Crippen LogP contribution in [0.15, 0.2) is 54.6 Å². The van der Waals surface area contributed by atoms with Gasteiger partial charge in [-0.2, -0.15) is 0 Å². The summed E-state index contributed by atoms with van der Waals surface area (Å²) in [5, 5.41) is 3.83. The third-order valence-corrected chi connectivity index (χ3v) is 4.25. The van der Waals surface area contributed by atoms with Crippen LogP contribution in [-0.2, 0) is 17.8 Å². The first-order chi connectivity index (χ1) is 11.5. The van der Waals surface area contributed by atoms with E-state index in [1.807, 2.05) is 49.5 Å². The van der Waals surface area contributed by atoms with Gasteiger partial charge in [0, 0.05) is 16.6 Å². The lowest BCUT2D eigenvalue weighted by Gasteiger charge is -2.17. The Kier molecular flexibility index (Phi) is 7.29. The number of carbonyl (C=O) groups is 1. The largest absolute Gasteiger partial charge is 0.349 e. The van der Waals surface area contributed by atoms with Crippen molar-refractivity contribution in [1.82, 2.24) is 5.32 Å². The first kappa shape index (κ1) is 18.5. The molecule has 0 aliphatic carbocycles. The zero-order valence-corrected chi connectivity index (χ0v) is 15.1. The predicted molar refractivity (Wildman–Crippen MR) is 99.3 cm³/mol. The van der Waals surface area contributed by atoms with Crippen LogP contribution < -0.4 is 10.2 Å². The van der Waals surface area contributed by atoms with Gasteiger partial charge >= 0.3 is 0 Å². The number of nitrogens with one attached hydrogen (secondary N) is 2. The Bertz CT molecular complexity index is 628. The van der Waals surface area contributed by atoms with Crippen LogP contribution in [0.2, 0.25) is 5.02 Å². The lowest BCUT2D eigenvalue weighted by molar-refractivity contribution is -0.885.